The van der Waals surface area contributed by atoms with Crippen LogP contribution in [0.3, 0.4) is 0 Å². The van der Waals surface area contributed by atoms with Crippen LogP contribution in [-0.4, -0.2) is 52.2 Å². The first kappa shape index (κ1) is 21.4. The van der Waals surface area contributed by atoms with E-state index in [0.29, 0.717) is 49.1 Å². The zero-order valence-electron chi connectivity index (χ0n) is 18.5. The summed E-state index contributed by atoms with van der Waals surface area (Å²) in [5, 5.41) is 11.8. The van der Waals surface area contributed by atoms with E-state index in [2.05, 4.69) is 25.4 Å². The second-order valence-corrected chi connectivity index (χ2v) is 7.83. The Bertz CT molecular complexity index is 1230. The number of aromatic nitrogens is 3. The number of benzene rings is 2. The lowest BCUT2D eigenvalue weighted by Gasteiger charge is -2.35. The zero-order chi connectivity index (χ0) is 23.2. The Kier molecular flexibility index (Phi) is 6.29. The molecule has 4 aromatic rings. The van der Waals surface area contributed by atoms with Gasteiger partial charge in [-0.1, -0.05) is 30.3 Å². The largest absolute Gasteiger partial charge is 0.457 e. The average Bonchev–Trinajstić information content (AvgIpc) is 2.90. The summed E-state index contributed by atoms with van der Waals surface area (Å²) in [6.45, 7) is 2.55. The van der Waals surface area contributed by atoms with Crippen LogP contribution >= 0.6 is 0 Å². The summed E-state index contributed by atoms with van der Waals surface area (Å²) in [6, 6.07) is 24.4. The van der Waals surface area contributed by atoms with E-state index in [-0.39, 0.29) is 5.91 Å². The van der Waals surface area contributed by atoms with E-state index < -0.39 is 0 Å². The Morgan fingerprint density at radius 2 is 1.53 bits per heavy atom. The lowest BCUT2D eigenvalue weighted by Crippen LogP contribution is -2.49. The molecule has 0 bridgehead atoms. The van der Waals surface area contributed by atoms with Crippen LogP contribution in [0.25, 0.3) is 0 Å². The molecule has 34 heavy (non-hydrogen) atoms. The quantitative estimate of drug-likeness (QED) is 0.465. The van der Waals surface area contributed by atoms with Crippen molar-refractivity contribution in [2.75, 3.05) is 36.4 Å². The van der Waals surface area contributed by atoms with Gasteiger partial charge in [-0.3, -0.25) is 9.78 Å². The number of carbonyl (C=O) groups is 1. The highest BCUT2D eigenvalue weighted by molar-refractivity contribution is 5.97. The van der Waals surface area contributed by atoms with Crippen LogP contribution in [0.5, 0.6) is 11.5 Å². The third kappa shape index (κ3) is 4.96. The molecule has 0 saturated carbocycles. The summed E-state index contributed by atoms with van der Waals surface area (Å²) >= 11 is 0. The molecular weight excluding hydrogens is 428 g/mol. The van der Waals surface area contributed by atoms with Crippen molar-refractivity contribution in [1.29, 1.82) is 0 Å². The number of nitrogens with zero attached hydrogens (tertiary/aromatic N) is 5. The summed E-state index contributed by atoms with van der Waals surface area (Å²) in [6.07, 6.45) is 3.44. The van der Waals surface area contributed by atoms with Gasteiger partial charge in [0.2, 0.25) is 0 Å². The summed E-state index contributed by atoms with van der Waals surface area (Å²) in [5.74, 6) is 2.69. The van der Waals surface area contributed by atoms with E-state index in [0.717, 1.165) is 11.5 Å². The minimum Gasteiger partial charge on any atom is -0.457 e. The molecule has 1 N–H and O–H groups in total. The molecule has 170 valence electrons. The second-order valence-electron chi connectivity index (χ2n) is 7.83. The molecule has 0 aliphatic carbocycles. The van der Waals surface area contributed by atoms with E-state index in [1.165, 1.54) is 0 Å². The molecule has 1 saturated heterocycles. The number of pyridine rings is 1. The lowest BCUT2D eigenvalue weighted by molar-refractivity contribution is 0.0744. The van der Waals surface area contributed by atoms with Crippen LogP contribution in [0, 0.1) is 0 Å². The minimum atomic E-state index is -0.0332. The minimum absolute atomic E-state index is 0.0332. The molecule has 0 unspecified atom stereocenters. The number of rotatable bonds is 6. The van der Waals surface area contributed by atoms with Gasteiger partial charge in [-0.2, -0.15) is 0 Å². The van der Waals surface area contributed by atoms with Crippen LogP contribution in [0.15, 0.2) is 91.3 Å². The fraction of sp³-hybridized carbons (Fsp3) is 0.154. The third-order valence-corrected chi connectivity index (χ3v) is 5.58. The van der Waals surface area contributed by atoms with Crippen molar-refractivity contribution in [3.05, 3.63) is 96.8 Å². The van der Waals surface area contributed by atoms with Crippen molar-refractivity contribution < 1.29 is 9.53 Å². The highest BCUT2D eigenvalue weighted by Gasteiger charge is 2.25. The van der Waals surface area contributed by atoms with Crippen molar-refractivity contribution in [1.82, 2.24) is 20.1 Å². The molecule has 1 aliphatic rings. The van der Waals surface area contributed by atoms with Crippen molar-refractivity contribution in [3.63, 3.8) is 0 Å². The van der Waals surface area contributed by atoms with Gasteiger partial charge in [0.05, 0.1) is 5.56 Å². The molecule has 8 heteroatoms. The van der Waals surface area contributed by atoms with Crippen molar-refractivity contribution in [3.8, 4) is 11.5 Å². The summed E-state index contributed by atoms with van der Waals surface area (Å²) in [5.41, 5.74) is 1.46. The zero-order valence-corrected chi connectivity index (χ0v) is 18.5. The summed E-state index contributed by atoms with van der Waals surface area (Å²) in [7, 11) is 0. The highest BCUT2D eigenvalue weighted by Crippen LogP contribution is 2.27. The molecule has 5 rings (SSSR count). The van der Waals surface area contributed by atoms with Crippen LogP contribution in [0.1, 0.15) is 10.4 Å². The fourth-order valence-electron chi connectivity index (χ4n) is 3.80. The molecule has 0 spiro atoms. The molecule has 0 atom stereocenters. The van der Waals surface area contributed by atoms with Crippen LogP contribution < -0.4 is 15.0 Å². The molecule has 1 fully saturated rings. The Balaban J connectivity index is 1.21. The number of carbonyl (C=O) groups excluding carboxylic acids is 1. The first-order valence-corrected chi connectivity index (χ1v) is 11.1. The molecule has 2 aromatic heterocycles. The van der Waals surface area contributed by atoms with Crippen LogP contribution in [0.4, 0.5) is 17.3 Å². The van der Waals surface area contributed by atoms with Gasteiger partial charge < -0.3 is 19.9 Å². The standard InChI is InChI=1S/C26H24N6O2/c33-26(22-8-4-5-9-23(22)34-21-6-2-1-3-7-21)32-18-16-31(17-19-32)25-11-10-24(29-30-25)28-20-12-14-27-15-13-20/h1-15H,16-19H2,(H,27,28,29). The Morgan fingerprint density at radius 3 is 2.26 bits per heavy atom. The molecule has 3 heterocycles. The van der Waals surface area contributed by atoms with Gasteiger partial charge in [0.25, 0.3) is 5.91 Å². The smallest absolute Gasteiger partial charge is 0.257 e. The van der Waals surface area contributed by atoms with Gasteiger partial charge in [0, 0.05) is 44.3 Å². The van der Waals surface area contributed by atoms with E-state index in [1.807, 2.05) is 83.8 Å². The van der Waals surface area contributed by atoms with Crippen LogP contribution in [0.2, 0.25) is 0 Å². The maximum Gasteiger partial charge on any atom is 0.257 e. The van der Waals surface area contributed by atoms with Crippen LogP contribution in [-0.2, 0) is 0 Å². The predicted octanol–water partition coefficient (Wildman–Crippen LogP) is 4.37. The normalized spacial score (nSPS) is 13.4. The highest BCUT2D eigenvalue weighted by atomic mass is 16.5. The van der Waals surface area contributed by atoms with Gasteiger partial charge in [-0.15, -0.1) is 10.2 Å². The molecular formula is C26H24N6O2. The maximum absolute atomic E-state index is 13.3. The lowest BCUT2D eigenvalue weighted by atomic mass is 10.1. The number of nitrogens with one attached hydrogen (secondary N) is 1. The van der Waals surface area contributed by atoms with Gasteiger partial charge in [0.1, 0.15) is 11.5 Å². The summed E-state index contributed by atoms with van der Waals surface area (Å²) in [4.78, 5) is 21.3. The van der Waals surface area contributed by atoms with Gasteiger partial charge >= 0.3 is 0 Å². The molecule has 0 radical (unpaired) electrons. The fourth-order valence-corrected chi connectivity index (χ4v) is 3.80. The van der Waals surface area contributed by atoms with E-state index in [4.69, 9.17) is 4.74 Å². The molecule has 1 aliphatic heterocycles. The first-order chi connectivity index (χ1) is 16.8. The second kappa shape index (κ2) is 9.99. The van der Waals surface area contributed by atoms with Gasteiger partial charge in [-0.25, -0.2) is 0 Å². The third-order valence-electron chi connectivity index (χ3n) is 5.58. The Morgan fingerprint density at radius 1 is 0.794 bits per heavy atom. The van der Waals surface area contributed by atoms with Gasteiger partial charge in [0.15, 0.2) is 11.6 Å². The van der Waals surface area contributed by atoms with Crippen molar-refractivity contribution in [2.24, 2.45) is 0 Å². The number of para-hydroxylation sites is 2. The van der Waals surface area contributed by atoms with Gasteiger partial charge in [-0.05, 0) is 48.5 Å². The van der Waals surface area contributed by atoms with Crippen molar-refractivity contribution in [2.45, 2.75) is 0 Å². The van der Waals surface area contributed by atoms with E-state index in [1.54, 1.807) is 12.4 Å². The number of hydrogen-bond acceptors (Lipinski definition) is 7. The Labute approximate surface area is 197 Å². The molecule has 1 amide bonds. The SMILES string of the molecule is O=C(c1ccccc1Oc1ccccc1)N1CCN(c2ccc(Nc3ccncc3)nn2)CC1. The van der Waals surface area contributed by atoms with E-state index in [9.17, 15) is 4.79 Å². The molecule has 2 aromatic carbocycles. The predicted molar refractivity (Wildman–Crippen MR) is 131 cm³/mol. The number of ether oxygens (including phenoxy) is 1. The maximum atomic E-state index is 13.3. The number of amides is 1. The average molecular weight is 453 g/mol. The monoisotopic (exact) mass is 452 g/mol. The Hall–Kier alpha value is -4.46. The number of piperazine rings is 1. The van der Waals surface area contributed by atoms with E-state index >= 15 is 0 Å². The number of anilines is 3. The molecule has 8 nitrogen and oxygen atoms in total. The first-order valence-electron chi connectivity index (χ1n) is 11.1. The summed E-state index contributed by atoms with van der Waals surface area (Å²) < 4.78 is 5.98. The number of hydrogen-bond donors (Lipinski definition) is 1. The van der Waals surface area contributed by atoms with Crippen molar-refractivity contribution >= 4 is 23.2 Å². The topological polar surface area (TPSA) is 83.5 Å².